The molecular weight excluding hydrogens is 192 g/mol. The Bertz CT molecular complexity index is 560. The molecule has 5 heteroatoms. The van der Waals surface area contributed by atoms with Crippen molar-refractivity contribution < 1.29 is 0 Å². The molecule has 78 valence electrons. The summed E-state index contributed by atoms with van der Waals surface area (Å²) in [5, 5.41) is 7.95. The van der Waals surface area contributed by atoms with E-state index in [1.54, 1.807) is 12.3 Å². The maximum atomic E-state index is 11.8. The summed E-state index contributed by atoms with van der Waals surface area (Å²) in [5.41, 5.74) is 1.59. The molecule has 2 aromatic rings. The lowest BCUT2D eigenvalue weighted by molar-refractivity contribution is 0.628. The van der Waals surface area contributed by atoms with Gasteiger partial charge in [0.25, 0.3) is 5.56 Å². The van der Waals surface area contributed by atoms with Crippen molar-refractivity contribution in [3.05, 3.63) is 40.6 Å². The predicted octanol–water partition coefficient (Wildman–Crippen LogP) is 0.857. The Balaban J connectivity index is 2.49. The van der Waals surface area contributed by atoms with Gasteiger partial charge >= 0.3 is 0 Å². The standard InChI is InChI=1S/C10H12N4O/c1-8(2)4-6-13-10(15)9-3-5-11-14(9)7-12-13/h3-5,7H,6H2,1-2H3. The van der Waals surface area contributed by atoms with Crippen LogP contribution in [0.2, 0.25) is 0 Å². The predicted molar refractivity (Wildman–Crippen MR) is 56.7 cm³/mol. The van der Waals surface area contributed by atoms with Crippen molar-refractivity contribution in [2.45, 2.75) is 20.4 Å². The molecule has 0 saturated carbocycles. The van der Waals surface area contributed by atoms with Gasteiger partial charge in [0.1, 0.15) is 11.8 Å². The van der Waals surface area contributed by atoms with Crippen molar-refractivity contribution >= 4 is 5.52 Å². The van der Waals surface area contributed by atoms with Gasteiger partial charge < -0.3 is 0 Å². The van der Waals surface area contributed by atoms with Crippen molar-refractivity contribution in [2.75, 3.05) is 0 Å². The molecule has 0 atom stereocenters. The second-order valence-corrected chi connectivity index (χ2v) is 3.56. The Hall–Kier alpha value is -1.91. The molecule has 2 heterocycles. The molecule has 0 unspecified atom stereocenters. The third-order valence-corrected chi connectivity index (χ3v) is 2.10. The molecular formula is C10H12N4O. The second-order valence-electron chi connectivity index (χ2n) is 3.56. The summed E-state index contributed by atoms with van der Waals surface area (Å²) < 4.78 is 2.89. The van der Waals surface area contributed by atoms with Crippen LogP contribution in [0.4, 0.5) is 0 Å². The van der Waals surface area contributed by atoms with E-state index >= 15 is 0 Å². The zero-order valence-corrected chi connectivity index (χ0v) is 8.71. The molecule has 0 aromatic carbocycles. The number of hydrogen-bond acceptors (Lipinski definition) is 3. The molecule has 0 bridgehead atoms. The molecule has 0 spiro atoms. The first-order valence-electron chi connectivity index (χ1n) is 4.71. The van der Waals surface area contributed by atoms with Crippen LogP contribution in [0.25, 0.3) is 5.52 Å². The van der Waals surface area contributed by atoms with Gasteiger partial charge in [0, 0.05) is 0 Å². The van der Waals surface area contributed by atoms with Gasteiger partial charge in [0.05, 0.1) is 12.7 Å². The number of nitrogens with zero attached hydrogens (tertiary/aromatic N) is 4. The van der Waals surface area contributed by atoms with Gasteiger partial charge in [-0.3, -0.25) is 4.79 Å². The Kier molecular flexibility index (Phi) is 2.37. The van der Waals surface area contributed by atoms with Crippen LogP contribution in [0.5, 0.6) is 0 Å². The summed E-state index contributed by atoms with van der Waals surface area (Å²) in [6, 6.07) is 1.68. The number of fused-ring (bicyclic) bond motifs is 1. The molecule has 0 radical (unpaired) electrons. The summed E-state index contributed by atoms with van der Waals surface area (Å²) in [6.45, 7) is 4.48. The van der Waals surface area contributed by atoms with Crippen molar-refractivity contribution in [3.63, 3.8) is 0 Å². The molecule has 0 N–H and O–H groups in total. The maximum Gasteiger partial charge on any atom is 0.293 e. The first-order chi connectivity index (χ1) is 7.18. The highest BCUT2D eigenvalue weighted by atomic mass is 16.1. The number of hydrogen-bond donors (Lipinski definition) is 0. The van der Waals surface area contributed by atoms with E-state index in [-0.39, 0.29) is 5.56 Å². The monoisotopic (exact) mass is 204 g/mol. The van der Waals surface area contributed by atoms with Crippen molar-refractivity contribution in [1.82, 2.24) is 19.4 Å². The molecule has 0 saturated heterocycles. The minimum atomic E-state index is -0.118. The van der Waals surface area contributed by atoms with Gasteiger partial charge in [-0.15, -0.1) is 0 Å². The van der Waals surface area contributed by atoms with Crippen LogP contribution in [-0.2, 0) is 6.54 Å². The average Bonchev–Trinajstić information content (AvgIpc) is 2.65. The number of rotatable bonds is 2. The SMILES string of the molecule is CC(C)=CCn1ncn2nccc2c1=O. The van der Waals surface area contributed by atoms with Gasteiger partial charge in [-0.25, -0.2) is 9.20 Å². The Labute approximate surface area is 86.7 Å². The van der Waals surface area contributed by atoms with E-state index < -0.39 is 0 Å². The summed E-state index contributed by atoms with van der Waals surface area (Å²) in [7, 11) is 0. The summed E-state index contributed by atoms with van der Waals surface area (Å²) in [6.07, 6.45) is 5.08. The smallest absolute Gasteiger partial charge is 0.265 e. The van der Waals surface area contributed by atoms with E-state index in [9.17, 15) is 4.79 Å². The van der Waals surface area contributed by atoms with Crippen molar-refractivity contribution in [3.8, 4) is 0 Å². The normalized spacial score (nSPS) is 10.5. The fourth-order valence-corrected chi connectivity index (χ4v) is 1.27. The molecule has 0 aliphatic rings. The van der Waals surface area contributed by atoms with E-state index in [0.29, 0.717) is 12.1 Å². The number of allylic oxidation sites excluding steroid dienone is 2. The van der Waals surface area contributed by atoms with E-state index in [0.717, 1.165) is 5.57 Å². The highest BCUT2D eigenvalue weighted by Gasteiger charge is 2.02. The van der Waals surface area contributed by atoms with Crippen LogP contribution in [0, 0.1) is 0 Å². The summed E-state index contributed by atoms with van der Waals surface area (Å²) in [5.74, 6) is 0. The van der Waals surface area contributed by atoms with Gasteiger partial charge in [0.15, 0.2) is 0 Å². The average molecular weight is 204 g/mol. The molecule has 0 amide bonds. The van der Waals surface area contributed by atoms with Crippen molar-refractivity contribution in [1.29, 1.82) is 0 Å². The lowest BCUT2D eigenvalue weighted by Crippen LogP contribution is -2.24. The van der Waals surface area contributed by atoms with E-state index in [1.165, 1.54) is 15.5 Å². The zero-order chi connectivity index (χ0) is 10.8. The topological polar surface area (TPSA) is 52.2 Å². The van der Waals surface area contributed by atoms with E-state index in [4.69, 9.17) is 0 Å². The summed E-state index contributed by atoms with van der Waals surface area (Å²) in [4.78, 5) is 11.8. The molecule has 5 nitrogen and oxygen atoms in total. The lowest BCUT2D eigenvalue weighted by atomic mass is 10.3. The van der Waals surface area contributed by atoms with Gasteiger partial charge in [0.2, 0.25) is 0 Å². The molecule has 0 aliphatic heterocycles. The third-order valence-electron chi connectivity index (χ3n) is 2.10. The summed E-state index contributed by atoms with van der Waals surface area (Å²) >= 11 is 0. The van der Waals surface area contributed by atoms with Crippen LogP contribution in [0.15, 0.2) is 35.0 Å². The second kappa shape index (κ2) is 3.68. The quantitative estimate of drug-likeness (QED) is 0.682. The Morgan fingerprint density at radius 1 is 1.47 bits per heavy atom. The zero-order valence-electron chi connectivity index (χ0n) is 8.71. The van der Waals surface area contributed by atoms with Gasteiger partial charge in [-0.05, 0) is 19.9 Å². The highest BCUT2D eigenvalue weighted by Crippen LogP contribution is 1.93. The van der Waals surface area contributed by atoms with E-state index in [2.05, 4.69) is 10.2 Å². The highest BCUT2D eigenvalue weighted by molar-refractivity contribution is 5.41. The molecule has 2 aromatic heterocycles. The minimum Gasteiger partial charge on any atom is -0.265 e. The molecule has 0 aliphatic carbocycles. The maximum absolute atomic E-state index is 11.8. The molecule has 15 heavy (non-hydrogen) atoms. The largest absolute Gasteiger partial charge is 0.293 e. The van der Waals surface area contributed by atoms with Crippen LogP contribution in [-0.4, -0.2) is 19.4 Å². The van der Waals surface area contributed by atoms with Crippen LogP contribution in [0.1, 0.15) is 13.8 Å². The Morgan fingerprint density at radius 3 is 3.00 bits per heavy atom. The first kappa shape index (κ1) is 9.64. The lowest BCUT2D eigenvalue weighted by Gasteiger charge is -2.00. The fourth-order valence-electron chi connectivity index (χ4n) is 1.27. The van der Waals surface area contributed by atoms with Gasteiger partial charge in [-0.1, -0.05) is 11.6 Å². The van der Waals surface area contributed by atoms with Crippen molar-refractivity contribution in [2.24, 2.45) is 0 Å². The molecule has 2 rings (SSSR count). The molecule has 0 fully saturated rings. The minimum absolute atomic E-state index is 0.118. The van der Waals surface area contributed by atoms with E-state index in [1.807, 2.05) is 19.9 Å². The fraction of sp³-hybridized carbons (Fsp3) is 0.300. The van der Waals surface area contributed by atoms with Crippen LogP contribution in [0.3, 0.4) is 0 Å². The third kappa shape index (κ3) is 1.81. The first-order valence-corrected chi connectivity index (χ1v) is 4.71. The number of aromatic nitrogens is 4. The van der Waals surface area contributed by atoms with Gasteiger partial charge in [-0.2, -0.15) is 10.2 Å². The van der Waals surface area contributed by atoms with Crippen LogP contribution < -0.4 is 5.56 Å². The van der Waals surface area contributed by atoms with Crippen LogP contribution >= 0.6 is 0 Å². The Morgan fingerprint density at radius 2 is 2.27 bits per heavy atom.